The first kappa shape index (κ1) is 36.8. The normalized spacial score (nSPS) is 28.8. The van der Waals surface area contributed by atoms with Gasteiger partial charge < -0.3 is 25.0 Å². The van der Waals surface area contributed by atoms with E-state index in [4.69, 9.17) is 9.47 Å². The number of tetrazole rings is 1. The summed E-state index contributed by atoms with van der Waals surface area (Å²) in [7, 11) is -2.59. The van der Waals surface area contributed by atoms with Gasteiger partial charge in [-0.1, -0.05) is 25.0 Å². The lowest BCUT2D eigenvalue weighted by atomic mass is 10.0. The Bertz CT molecular complexity index is 1830. The number of rotatable bonds is 9. The summed E-state index contributed by atoms with van der Waals surface area (Å²) in [6, 6.07) is 4.26. The summed E-state index contributed by atoms with van der Waals surface area (Å²) < 4.78 is 41.0. The number of allylic oxidation sites excluding steroid dienone is 1. The maximum Gasteiger partial charge on any atom is 0.408 e. The lowest BCUT2D eigenvalue weighted by Gasteiger charge is -2.30. The first-order valence-electron chi connectivity index (χ1n) is 18.6. The molecule has 2 aliphatic heterocycles. The third kappa shape index (κ3) is 8.64. The third-order valence-electron chi connectivity index (χ3n) is 10.8. The van der Waals surface area contributed by atoms with Gasteiger partial charge >= 0.3 is 16.3 Å². The van der Waals surface area contributed by atoms with Crippen molar-refractivity contribution in [3.05, 3.63) is 36.4 Å². The molecule has 4 fully saturated rings. The van der Waals surface area contributed by atoms with Gasteiger partial charge in [-0.05, 0) is 93.7 Å². The highest BCUT2D eigenvalue weighted by molar-refractivity contribution is 7.88. The van der Waals surface area contributed by atoms with E-state index >= 15 is 0 Å². The van der Waals surface area contributed by atoms with Crippen molar-refractivity contribution in [3.63, 3.8) is 0 Å². The van der Waals surface area contributed by atoms with Gasteiger partial charge in [0.2, 0.25) is 17.6 Å². The smallest absolute Gasteiger partial charge is 0.408 e. The van der Waals surface area contributed by atoms with Crippen LogP contribution in [-0.2, 0) is 29.3 Å². The van der Waals surface area contributed by atoms with Crippen LogP contribution in [0.25, 0.3) is 11.4 Å². The van der Waals surface area contributed by atoms with Crippen LogP contribution >= 0.6 is 0 Å². The Morgan fingerprint density at radius 2 is 1.75 bits per heavy atom. The average Bonchev–Trinajstić information content (AvgIpc) is 3.78. The minimum atomic E-state index is -4.16. The highest BCUT2D eigenvalue weighted by Gasteiger charge is 2.62. The molecule has 53 heavy (non-hydrogen) atoms. The molecule has 17 nitrogen and oxygen atoms in total. The van der Waals surface area contributed by atoms with Gasteiger partial charge in [0, 0.05) is 30.5 Å². The van der Waals surface area contributed by atoms with Crippen molar-refractivity contribution < 1.29 is 37.1 Å². The van der Waals surface area contributed by atoms with Crippen LogP contribution in [-0.4, -0.2) is 101 Å². The molecule has 286 valence electrons. The number of alkyl carbamates (subject to hydrolysis) is 1. The predicted octanol–water partition coefficient (Wildman–Crippen LogP) is 2.04. The summed E-state index contributed by atoms with van der Waals surface area (Å²) in [4.78, 5) is 58.4. The number of ether oxygens (including phenoxy) is 2. The van der Waals surface area contributed by atoms with Crippen molar-refractivity contribution in [2.75, 3.05) is 13.7 Å². The molecule has 3 heterocycles. The van der Waals surface area contributed by atoms with Gasteiger partial charge in [0.05, 0.1) is 13.2 Å². The number of fused-ring (bicyclic) bond motifs is 2. The van der Waals surface area contributed by atoms with Gasteiger partial charge in [0.15, 0.2) is 0 Å². The van der Waals surface area contributed by atoms with Crippen LogP contribution in [0.15, 0.2) is 36.4 Å². The van der Waals surface area contributed by atoms with Crippen molar-refractivity contribution in [2.45, 2.75) is 119 Å². The van der Waals surface area contributed by atoms with Crippen molar-refractivity contribution in [1.82, 2.24) is 45.2 Å². The van der Waals surface area contributed by atoms with Gasteiger partial charge in [-0.15, -0.1) is 10.2 Å². The van der Waals surface area contributed by atoms with Gasteiger partial charge in [0.25, 0.3) is 5.91 Å². The number of carbonyl (C=O) groups is 4. The fourth-order valence-corrected chi connectivity index (χ4v) is 8.66. The molecule has 5 aliphatic rings. The third-order valence-corrected chi connectivity index (χ3v) is 11.9. The molecule has 18 heteroatoms. The summed E-state index contributed by atoms with van der Waals surface area (Å²) >= 11 is 0. The highest BCUT2D eigenvalue weighted by atomic mass is 32.2. The molecule has 4 N–H and O–H groups in total. The minimum Gasteiger partial charge on any atom is -0.497 e. The van der Waals surface area contributed by atoms with Crippen LogP contribution in [0.1, 0.15) is 89.5 Å². The number of benzene rings is 1. The molecular formula is C35H47N9O8S. The Labute approximate surface area is 308 Å². The summed E-state index contributed by atoms with van der Waals surface area (Å²) in [6.07, 6.45) is 11.3. The van der Waals surface area contributed by atoms with Crippen LogP contribution < -0.4 is 24.8 Å². The van der Waals surface area contributed by atoms with Crippen LogP contribution in [0, 0.1) is 5.92 Å². The minimum absolute atomic E-state index is 0.0212. The molecule has 7 rings (SSSR count). The Kier molecular flexibility index (Phi) is 10.7. The average molecular weight is 754 g/mol. The van der Waals surface area contributed by atoms with Crippen molar-refractivity contribution in [3.8, 4) is 17.1 Å². The zero-order valence-corrected chi connectivity index (χ0v) is 30.6. The molecular weight excluding hydrogens is 707 g/mol. The van der Waals surface area contributed by atoms with E-state index in [-0.39, 0.29) is 31.5 Å². The molecule has 1 saturated heterocycles. The maximum atomic E-state index is 14.5. The number of hydrogen-bond donors (Lipinski definition) is 4. The Morgan fingerprint density at radius 3 is 2.49 bits per heavy atom. The van der Waals surface area contributed by atoms with Crippen molar-refractivity contribution in [1.29, 1.82) is 0 Å². The van der Waals surface area contributed by atoms with Crippen LogP contribution in [0.5, 0.6) is 5.75 Å². The molecule has 2 aromatic rings. The molecule has 1 aromatic heterocycles. The van der Waals surface area contributed by atoms with Crippen LogP contribution in [0.3, 0.4) is 0 Å². The maximum absolute atomic E-state index is 14.5. The monoisotopic (exact) mass is 753 g/mol. The van der Waals surface area contributed by atoms with Gasteiger partial charge in [-0.3, -0.25) is 14.4 Å². The molecule has 0 unspecified atom stereocenters. The lowest BCUT2D eigenvalue weighted by molar-refractivity contribution is -0.141. The zero-order chi connectivity index (χ0) is 37.2. The Morgan fingerprint density at radius 1 is 1.00 bits per heavy atom. The number of aromatic nitrogens is 4. The van der Waals surface area contributed by atoms with Gasteiger partial charge in [0.1, 0.15) is 29.5 Å². The molecule has 3 aliphatic carbocycles. The van der Waals surface area contributed by atoms with E-state index in [0.29, 0.717) is 49.2 Å². The predicted molar refractivity (Wildman–Crippen MR) is 189 cm³/mol. The largest absolute Gasteiger partial charge is 0.497 e. The number of nitrogens with one attached hydrogen (secondary N) is 4. The van der Waals surface area contributed by atoms with Gasteiger partial charge in [-0.25, -0.2) is 9.52 Å². The summed E-state index contributed by atoms with van der Waals surface area (Å²) in [5.74, 6) is -1.39. The quantitative estimate of drug-likeness (QED) is 0.272. The van der Waals surface area contributed by atoms with Crippen molar-refractivity contribution >= 4 is 34.0 Å². The second-order valence-electron chi connectivity index (χ2n) is 14.7. The standard InChI is InChI=1S/C35H47N9O8S/c1-51-26-17-13-22(14-18-26)30-38-42-44(39-30)25-19-29-31(45)37-35(33(47)41-53(49,50)40-24-15-16-24)20-23(35)9-5-3-2-4-6-12-28(32(46)43(29)21-25)36-34(48)52-27-10-7-8-11-27/h5,9,13-14,17-18,23-25,27-29,40H,2-4,6-8,10-12,15-16,19-21H2,1H3,(H,36,48)(H,37,45)(H,41,47)/b9-5-/t23-,25-,28-,29+,35+/m1/s1. The van der Waals surface area contributed by atoms with E-state index in [1.165, 1.54) is 9.70 Å². The second kappa shape index (κ2) is 15.4. The first-order valence-corrected chi connectivity index (χ1v) is 20.1. The molecule has 0 spiro atoms. The first-order chi connectivity index (χ1) is 25.5. The SMILES string of the molecule is COc1ccc(-c2nnn([C@@H]3C[C@H]4C(=O)N[C@@]5(C(=O)NS(=O)(=O)NC6CC6)C[C@H]5/C=C\CCCCC[C@@H](NC(=O)OC5CCCC5)C(=O)N4C3)n2)cc1. The van der Waals surface area contributed by atoms with E-state index < -0.39 is 63.6 Å². The van der Waals surface area contributed by atoms with E-state index in [1.807, 2.05) is 12.2 Å². The molecule has 5 atom stereocenters. The Balaban J connectivity index is 1.16. The molecule has 0 radical (unpaired) electrons. The number of hydrogen-bond acceptors (Lipinski definition) is 11. The summed E-state index contributed by atoms with van der Waals surface area (Å²) in [5, 5.41) is 18.7. The molecule has 3 saturated carbocycles. The molecule has 1 aromatic carbocycles. The fourth-order valence-electron chi connectivity index (χ4n) is 7.50. The number of amides is 4. The summed E-state index contributed by atoms with van der Waals surface area (Å²) in [5.41, 5.74) is -0.843. The second-order valence-corrected chi connectivity index (χ2v) is 16.2. The van der Waals surface area contributed by atoms with Crippen LogP contribution in [0.4, 0.5) is 4.79 Å². The van der Waals surface area contributed by atoms with E-state index in [1.54, 1.807) is 31.4 Å². The number of carbonyl (C=O) groups excluding carboxylic acids is 4. The zero-order valence-electron chi connectivity index (χ0n) is 29.7. The lowest BCUT2D eigenvalue weighted by Crippen LogP contribution is -2.59. The number of methoxy groups -OCH3 is 1. The Hall–Kier alpha value is -4.58. The number of nitrogens with zero attached hydrogens (tertiary/aromatic N) is 5. The van der Waals surface area contributed by atoms with Crippen LogP contribution in [0.2, 0.25) is 0 Å². The van der Waals surface area contributed by atoms with E-state index in [9.17, 15) is 27.6 Å². The summed E-state index contributed by atoms with van der Waals surface area (Å²) in [6.45, 7) is 0.0212. The van der Waals surface area contributed by atoms with Crippen molar-refractivity contribution in [2.24, 2.45) is 5.92 Å². The molecule has 4 amide bonds. The van der Waals surface area contributed by atoms with E-state index in [2.05, 4.69) is 35.5 Å². The topological polar surface area (TPSA) is 216 Å². The molecule has 0 bridgehead atoms. The van der Waals surface area contributed by atoms with E-state index in [0.717, 1.165) is 38.5 Å². The fraction of sp³-hybridized carbons (Fsp3) is 0.629. The van der Waals surface area contributed by atoms with Gasteiger partial charge in [-0.2, -0.15) is 17.9 Å². The highest BCUT2D eigenvalue weighted by Crippen LogP contribution is 2.46.